The molecule has 2 rings (SSSR count). The number of fused-ring (bicyclic) bond motifs is 1. The monoisotopic (exact) mass is 277 g/mol. The van der Waals surface area contributed by atoms with Gasteiger partial charge in [-0.2, -0.15) is 4.98 Å². The molecule has 6 nitrogen and oxygen atoms in total. The van der Waals surface area contributed by atoms with E-state index in [4.69, 9.17) is 4.42 Å². The molecule has 0 amide bonds. The third-order valence-electron chi connectivity index (χ3n) is 3.69. The van der Waals surface area contributed by atoms with E-state index in [1.54, 1.807) is 6.07 Å². The molecular formula is C14H19N3O3. The molecule has 1 heterocycles. The topological polar surface area (TPSA) is 81.2 Å². The van der Waals surface area contributed by atoms with Crippen LogP contribution in [0.3, 0.4) is 0 Å². The number of nitro benzene ring substituents is 1. The standard InChI is InChI=1S/C14H19N3O3/c1-4-10(5-2)9(3)15-14-16-12-7-6-11(17(18)19)8-13(12)20-14/h6-10H,4-5H2,1-3H3,(H,15,16). The zero-order chi connectivity index (χ0) is 14.7. The van der Waals surface area contributed by atoms with Gasteiger partial charge >= 0.3 is 0 Å². The van der Waals surface area contributed by atoms with E-state index in [2.05, 4.69) is 31.1 Å². The summed E-state index contributed by atoms with van der Waals surface area (Å²) in [5.41, 5.74) is 1.06. The SMILES string of the molecule is CCC(CC)C(C)Nc1nc2ccc([N+](=O)[O-])cc2o1. The van der Waals surface area contributed by atoms with Gasteiger partial charge in [-0.15, -0.1) is 0 Å². The van der Waals surface area contributed by atoms with Crippen LogP contribution >= 0.6 is 0 Å². The summed E-state index contributed by atoms with van der Waals surface area (Å²) < 4.78 is 5.54. The lowest BCUT2D eigenvalue weighted by Gasteiger charge is -2.21. The number of aromatic nitrogens is 1. The van der Waals surface area contributed by atoms with Crippen molar-refractivity contribution in [3.05, 3.63) is 28.3 Å². The van der Waals surface area contributed by atoms with Crippen molar-refractivity contribution in [3.8, 4) is 0 Å². The lowest BCUT2D eigenvalue weighted by atomic mass is 9.96. The Kier molecular flexibility index (Phi) is 4.22. The van der Waals surface area contributed by atoms with Crippen LogP contribution < -0.4 is 5.32 Å². The summed E-state index contributed by atoms with van der Waals surface area (Å²) in [6.45, 7) is 6.40. The average Bonchev–Trinajstić information content (AvgIpc) is 2.80. The summed E-state index contributed by atoms with van der Waals surface area (Å²) in [6, 6.07) is 5.09. The quantitative estimate of drug-likeness (QED) is 0.638. The second-order valence-corrected chi connectivity index (χ2v) is 4.94. The number of hydrogen-bond donors (Lipinski definition) is 1. The molecule has 0 saturated heterocycles. The van der Waals surface area contributed by atoms with Crippen molar-refractivity contribution in [3.63, 3.8) is 0 Å². The maximum atomic E-state index is 10.7. The minimum absolute atomic E-state index is 0.00763. The Morgan fingerprint density at radius 1 is 1.40 bits per heavy atom. The van der Waals surface area contributed by atoms with Gasteiger partial charge in [-0.05, 0) is 18.9 Å². The number of oxazole rings is 1. The molecule has 1 unspecified atom stereocenters. The van der Waals surface area contributed by atoms with Gasteiger partial charge in [0, 0.05) is 12.1 Å². The van der Waals surface area contributed by atoms with Crippen molar-refractivity contribution in [1.82, 2.24) is 4.98 Å². The highest BCUT2D eigenvalue weighted by Gasteiger charge is 2.17. The fourth-order valence-corrected chi connectivity index (χ4v) is 2.40. The predicted molar refractivity (Wildman–Crippen MR) is 77.8 cm³/mol. The van der Waals surface area contributed by atoms with Crippen molar-refractivity contribution < 1.29 is 9.34 Å². The molecule has 0 fully saturated rings. The first-order valence-electron chi connectivity index (χ1n) is 6.86. The lowest BCUT2D eigenvalue weighted by Crippen LogP contribution is -2.25. The zero-order valence-corrected chi connectivity index (χ0v) is 11.9. The number of nitrogens with zero attached hydrogens (tertiary/aromatic N) is 2. The molecule has 0 saturated carbocycles. The van der Waals surface area contributed by atoms with Gasteiger partial charge in [0.2, 0.25) is 0 Å². The van der Waals surface area contributed by atoms with Gasteiger partial charge in [-0.1, -0.05) is 26.7 Å². The molecule has 2 aromatic rings. The minimum atomic E-state index is -0.443. The van der Waals surface area contributed by atoms with Gasteiger partial charge in [-0.25, -0.2) is 0 Å². The van der Waals surface area contributed by atoms with Crippen molar-refractivity contribution >= 4 is 22.8 Å². The van der Waals surface area contributed by atoms with Crippen LogP contribution in [-0.2, 0) is 0 Å². The third kappa shape index (κ3) is 2.89. The van der Waals surface area contributed by atoms with Gasteiger partial charge in [0.15, 0.2) is 5.58 Å². The van der Waals surface area contributed by atoms with Crippen LogP contribution in [0.1, 0.15) is 33.6 Å². The van der Waals surface area contributed by atoms with E-state index in [9.17, 15) is 10.1 Å². The molecular weight excluding hydrogens is 258 g/mol. The molecule has 1 aromatic carbocycles. The van der Waals surface area contributed by atoms with Gasteiger partial charge in [-0.3, -0.25) is 10.1 Å². The van der Waals surface area contributed by atoms with E-state index >= 15 is 0 Å². The molecule has 0 aliphatic heterocycles. The summed E-state index contributed by atoms with van der Waals surface area (Å²) in [6.07, 6.45) is 2.16. The van der Waals surface area contributed by atoms with Gasteiger partial charge in [0.1, 0.15) is 5.52 Å². The highest BCUT2D eigenvalue weighted by atomic mass is 16.6. The van der Waals surface area contributed by atoms with Crippen LogP contribution in [0.2, 0.25) is 0 Å². The van der Waals surface area contributed by atoms with E-state index in [1.165, 1.54) is 12.1 Å². The van der Waals surface area contributed by atoms with Gasteiger partial charge in [0.05, 0.1) is 11.0 Å². The van der Waals surface area contributed by atoms with Crippen LogP contribution in [-0.4, -0.2) is 15.9 Å². The lowest BCUT2D eigenvalue weighted by molar-refractivity contribution is -0.384. The number of anilines is 1. The molecule has 0 bridgehead atoms. The Balaban J connectivity index is 2.21. The summed E-state index contributed by atoms with van der Waals surface area (Å²) in [5, 5.41) is 14.0. The third-order valence-corrected chi connectivity index (χ3v) is 3.69. The highest BCUT2D eigenvalue weighted by Crippen LogP contribution is 2.25. The van der Waals surface area contributed by atoms with Crippen molar-refractivity contribution in [2.24, 2.45) is 5.92 Å². The smallest absolute Gasteiger partial charge is 0.295 e. The van der Waals surface area contributed by atoms with E-state index in [0.29, 0.717) is 23.0 Å². The van der Waals surface area contributed by atoms with Crippen LogP contribution in [0, 0.1) is 16.0 Å². The Morgan fingerprint density at radius 2 is 2.10 bits per heavy atom. The Hall–Kier alpha value is -2.11. The van der Waals surface area contributed by atoms with Gasteiger partial charge < -0.3 is 9.73 Å². The number of non-ortho nitro benzene ring substituents is 1. The Bertz CT molecular complexity index is 605. The Labute approximate surface area is 117 Å². The van der Waals surface area contributed by atoms with E-state index < -0.39 is 4.92 Å². The minimum Gasteiger partial charge on any atom is -0.423 e. The fourth-order valence-electron chi connectivity index (χ4n) is 2.40. The summed E-state index contributed by atoms with van der Waals surface area (Å²) in [5.74, 6) is 0.541. The van der Waals surface area contributed by atoms with Crippen LogP contribution in [0.5, 0.6) is 0 Å². The van der Waals surface area contributed by atoms with Crippen molar-refractivity contribution in [2.45, 2.75) is 39.7 Å². The normalized spacial score (nSPS) is 12.8. The zero-order valence-electron chi connectivity index (χ0n) is 11.9. The summed E-state index contributed by atoms with van der Waals surface area (Å²) in [4.78, 5) is 14.6. The fraction of sp³-hybridized carbons (Fsp3) is 0.500. The molecule has 0 spiro atoms. The van der Waals surface area contributed by atoms with Gasteiger partial charge in [0.25, 0.3) is 11.7 Å². The van der Waals surface area contributed by atoms with Crippen molar-refractivity contribution in [1.29, 1.82) is 0 Å². The predicted octanol–water partition coefficient (Wildman–Crippen LogP) is 3.97. The molecule has 1 N–H and O–H groups in total. The van der Waals surface area contributed by atoms with Crippen molar-refractivity contribution in [2.75, 3.05) is 5.32 Å². The molecule has 1 atom stereocenters. The molecule has 0 radical (unpaired) electrons. The van der Waals surface area contributed by atoms with Crippen LogP contribution in [0.15, 0.2) is 22.6 Å². The number of hydrogen-bond acceptors (Lipinski definition) is 5. The Morgan fingerprint density at radius 3 is 2.70 bits per heavy atom. The largest absolute Gasteiger partial charge is 0.423 e. The molecule has 0 aliphatic rings. The number of benzene rings is 1. The van der Waals surface area contributed by atoms with E-state index in [-0.39, 0.29) is 11.7 Å². The van der Waals surface area contributed by atoms with E-state index in [1.807, 2.05) is 0 Å². The number of nitrogens with one attached hydrogen (secondary N) is 1. The molecule has 1 aromatic heterocycles. The van der Waals surface area contributed by atoms with E-state index in [0.717, 1.165) is 12.8 Å². The summed E-state index contributed by atoms with van der Waals surface area (Å²) >= 11 is 0. The molecule has 6 heteroatoms. The van der Waals surface area contributed by atoms with Crippen LogP contribution in [0.4, 0.5) is 11.7 Å². The number of nitro groups is 1. The second kappa shape index (κ2) is 5.90. The first-order chi connectivity index (χ1) is 9.55. The summed E-state index contributed by atoms with van der Waals surface area (Å²) in [7, 11) is 0. The molecule has 20 heavy (non-hydrogen) atoms. The maximum absolute atomic E-state index is 10.7. The first-order valence-corrected chi connectivity index (χ1v) is 6.86. The maximum Gasteiger partial charge on any atom is 0.295 e. The molecule has 0 aliphatic carbocycles. The highest BCUT2D eigenvalue weighted by molar-refractivity contribution is 5.77. The first kappa shape index (κ1) is 14.3. The second-order valence-electron chi connectivity index (χ2n) is 4.94. The average molecular weight is 277 g/mol. The van der Waals surface area contributed by atoms with Crippen LogP contribution in [0.25, 0.3) is 11.1 Å². The number of rotatable bonds is 6. The molecule has 108 valence electrons.